The van der Waals surface area contributed by atoms with E-state index in [1.165, 1.54) is 0 Å². The van der Waals surface area contributed by atoms with Crippen molar-refractivity contribution < 1.29 is 4.84 Å². The lowest BCUT2D eigenvalue weighted by molar-refractivity contribution is 0.125. The molecule has 2 aromatic rings. The summed E-state index contributed by atoms with van der Waals surface area (Å²) in [5.74, 6) is 5.01. The Morgan fingerprint density at radius 3 is 2.92 bits per heavy atom. The third kappa shape index (κ3) is 1.49. The van der Waals surface area contributed by atoms with Crippen LogP contribution in [0.1, 0.15) is 5.56 Å². The topological polar surface area (TPSA) is 61.0 Å². The fourth-order valence-corrected chi connectivity index (χ4v) is 1.25. The zero-order valence-corrected chi connectivity index (χ0v) is 6.97. The summed E-state index contributed by atoms with van der Waals surface area (Å²) in [7, 11) is 0. The van der Waals surface area contributed by atoms with Crippen LogP contribution in [0.5, 0.6) is 0 Å². The minimum absolute atomic E-state index is 0.380. The number of aromatic nitrogens is 2. The number of fused-ring (bicyclic) bond motifs is 1. The number of hydrogen-bond donors (Lipinski definition) is 1. The molecule has 0 bridgehead atoms. The van der Waals surface area contributed by atoms with Gasteiger partial charge in [0.05, 0.1) is 6.61 Å². The van der Waals surface area contributed by atoms with Gasteiger partial charge in [0.1, 0.15) is 0 Å². The van der Waals surface area contributed by atoms with Gasteiger partial charge < -0.3 is 0 Å². The highest BCUT2D eigenvalue weighted by Crippen LogP contribution is 2.13. The van der Waals surface area contributed by atoms with Gasteiger partial charge in [0.2, 0.25) is 0 Å². The van der Waals surface area contributed by atoms with Gasteiger partial charge in [0, 0.05) is 17.8 Å². The maximum absolute atomic E-state index is 5.01. The Labute approximate surface area is 75.3 Å². The first-order valence-electron chi connectivity index (χ1n) is 3.92. The molecular weight excluding hydrogens is 166 g/mol. The summed E-state index contributed by atoms with van der Waals surface area (Å²) in [5.41, 5.74) is 1.72. The third-order valence-corrected chi connectivity index (χ3v) is 1.84. The van der Waals surface area contributed by atoms with Gasteiger partial charge in [0.25, 0.3) is 0 Å². The van der Waals surface area contributed by atoms with Gasteiger partial charge in [0.15, 0.2) is 5.65 Å². The summed E-state index contributed by atoms with van der Waals surface area (Å²) in [4.78, 5) is 12.8. The standard InChI is InChI=1S/C9H9N3O/c10-13-6-7-3-5-12-9-8(7)2-1-4-11-9/h1-5H,6,10H2. The van der Waals surface area contributed by atoms with Crippen LogP contribution in [-0.4, -0.2) is 9.97 Å². The first kappa shape index (κ1) is 8.10. The molecule has 0 aliphatic heterocycles. The molecule has 0 aliphatic rings. The Kier molecular flexibility index (Phi) is 2.16. The Bertz CT molecular complexity index is 411. The third-order valence-electron chi connectivity index (χ3n) is 1.84. The molecule has 13 heavy (non-hydrogen) atoms. The van der Waals surface area contributed by atoms with Crippen molar-refractivity contribution in [1.29, 1.82) is 0 Å². The van der Waals surface area contributed by atoms with Crippen LogP contribution in [0.2, 0.25) is 0 Å². The van der Waals surface area contributed by atoms with Crippen molar-refractivity contribution in [3.63, 3.8) is 0 Å². The van der Waals surface area contributed by atoms with Crippen LogP contribution in [-0.2, 0) is 11.4 Å². The van der Waals surface area contributed by atoms with Gasteiger partial charge in [-0.2, -0.15) is 0 Å². The quantitative estimate of drug-likeness (QED) is 0.692. The van der Waals surface area contributed by atoms with Crippen molar-refractivity contribution in [2.75, 3.05) is 0 Å². The molecule has 0 saturated carbocycles. The molecule has 2 heterocycles. The van der Waals surface area contributed by atoms with Crippen molar-refractivity contribution in [1.82, 2.24) is 9.97 Å². The molecular formula is C9H9N3O. The minimum Gasteiger partial charge on any atom is -0.300 e. The zero-order chi connectivity index (χ0) is 9.10. The van der Waals surface area contributed by atoms with Gasteiger partial charge in [-0.1, -0.05) is 0 Å². The van der Waals surface area contributed by atoms with E-state index in [2.05, 4.69) is 14.8 Å². The Hall–Kier alpha value is -1.52. The molecule has 0 unspecified atom stereocenters. The largest absolute Gasteiger partial charge is 0.300 e. The normalized spacial score (nSPS) is 10.5. The van der Waals surface area contributed by atoms with E-state index in [1.807, 2.05) is 18.2 Å². The van der Waals surface area contributed by atoms with Gasteiger partial charge in [-0.25, -0.2) is 15.9 Å². The summed E-state index contributed by atoms with van der Waals surface area (Å²) < 4.78 is 0. The average Bonchev–Trinajstić information content (AvgIpc) is 2.19. The van der Waals surface area contributed by atoms with Crippen LogP contribution < -0.4 is 5.90 Å². The van der Waals surface area contributed by atoms with Crippen LogP contribution in [0, 0.1) is 0 Å². The number of nitrogens with two attached hydrogens (primary N) is 1. The molecule has 4 heteroatoms. The van der Waals surface area contributed by atoms with E-state index in [0.717, 1.165) is 16.6 Å². The fourth-order valence-electron chi connectivity index (χ4n) is 1.25. The Morgan fingerprint density at radius 2 is 2.08 bits per heavy atom. The van der Waals surface area contributed by atoms with E-state index in [4.69, 9.17) is 5.90 Å². The first-order chi connectivity index (χ1) is 6.42. The summed E-state index contributed by atoms with van der Waals surface area (Å²) in [5, 5.41) is 0.982. The van der Waals surface area contributed by atoms with E-state index in [9.17, 15) is 0 Å². The van der Waals surface area contributed by atoms with E-state index in [-0.39, 0.29) is 0 Å². The molecule has 4 nitrogen and oxygen atoms in total. The van der Waals surface area contributed by atoms with E-state index >= 15 is 0 Å². The maximum Gasteiger partial charge on any atom is 0.159 e. The monoisotopic (exact) mass is 175 g/mol. The summed E-state index contributed by atoms with van der Waals surface area (Å²) in [6.45, 7) is 0.380. The molecule has 66 valence electrons. The fraction of sp³-hybridized carbons (Fsp3) is 0.111. The van der Waals surface area contributed by atoms with E-state index in [1.54, 1.807) is 12.4 Å². The number of pyridine rings is 2. The van der Waals surface area contributed by atoms with Crippen molar-refractivity contribution >= 4 is 11.0 Å². The molecule has 0 amide bonds. The van der Waals surface area contributed by atoms with Crippen molar-refractivity contribution in [3.8, 4) is 0 Å². The lowest BCUT2D eigenvalue weighted by Crippen LogP contribution is -2.00. The van der Waals surface area contributed by atoms with Crippen LogP contribution in [0.3, 0.4) is 0 Å². The molecule has 2 aromatic heterocycles. The zero-order valence-electron chi connectivity index (χ0n) is 6.97. The van der Waals surface area contributed by atoms with Crippen molar-refractivity contribution in [3.05, 3.63) is 36.2 Å². The number of nitrogens with zero attached hydrogens (tertiary/aromatic N) is 2. The van der Waals surface area contributed by atoms with Gasteiger partial charge in [-0.3, -0.25) is 4.84 Å². The maximum atomic E-state index is 5.01. The Balaban J connectivity index is 2.61. The second kappa shape index (κ2) is 3.47. The highest BCUT2D eigenvalue weighted by molar-refractivity contribution is 5.77. The average molecular weight is 175 g/mol. The van der Waals surface area contributed by atoms with Crippen LogP contribution in [0.25, 0.3) is 11.0 Å². The highest BCUT2D eigenvalue weighted by atomic mass is 16.6. The van der Waals surface area contributed by atoms with Gasteiger partial charge in [-0.15, -0.1) is 0 Å². The molecule has 0 saturated heterocycles. The molecule has 2 N–H and O–H groups in total. The lowest BCUT2D eigenvalue weighted by atomic mass is 10.2. The number of rotatable bonds is 2. The van der Waals surface area contributed by atoms with Gasteiger partial charge >= 0.3 is 0 Å². The molecule has 0 radical (unpaired) electrons. The van der Waals surface area contributed by atoms with E-state index < -0.39 is 0 Å². The SMILES string of the molecule is NOCc1ccnc2ncccc12. The smallest absolute Gasteiger partial charge is 0.159 e. The lowest BCUT2D eigenvalue weighted by Gasteiger charge is -2.02. The minimum atomic E-state index is 0.380. The summed E-state index contributed by atoms with van der Waals surface area (Å²) in [6.07, 6.45) is 3.41. The predicted molar refractivity (Wildman–Crippen MR) is 48.5 cm³/mol. The van der Waals surface area contributed by atoms with Crippen LogP contribution in [0.15, 0.2) is 30.6 Å². The molecule has 0 aliphatic carbocycles. The summed E-state index contributed by atoms with van der Waals surface area (Å²) >= 11 is 0. The molecule has 2 rings (SSSR count). The van der Waals surface area contributed by atoms with Crippen molar-refractivity contribution in [2.45, 2.75) is 6.61 Å². The van der Waals surface area contributed by atoms with Crippen LogP contribution in [0.4, 0.5) is 0 Å². The summed E-state index contributed by atoms with van der Waals surface area (Å²) in [6, 6.07) is 5.69. The van der Waals surface area contributed by atoms with Crippen LogP contribution >= 0.6 is 0 Å². The number of hydrogen-bond acceptors (Lipinski definition) is 4. The van der Waals surface area contributed by atoms with E-state index in [0.29, 0.717) is 6.61 Å². The second-order valence-electron chi connectivity index (χ2n) is 2.66. The molecule has 0 spiro atoms. The highest BCUT2D eigenvalue weighted by Gasteiger charge is 2.00. The predicted octanol–water partition coefficient (Wildman–Crippen LogP) is 1.02. The molecule has 0 aromatic carbocycles. The Morgan fingerprint density at radius 1 is 1.23 bits per heavy atom. The molecule has 0 fully saturated rings. The molecule has 0 atom stereocenters. The van der Waals surface area contributed by atoms with Gasteiger partial charge in [-0.05, 0) is 23.8 Å². The second-order valence-corrected chi connectivity index (χ2v) is 2.66. The van der Waals surface area contributed by atoms with Crippen molar-refractivity contribution in [2.24, 2.45) is 5.90 Å². The first-order valence-corrected chi connectivity index (χ1v) is 3.92.